The molecule has 2 aromatic heterocycles. The lowest BCUT2D eigenvalue weighted by molar-refractivity contribution is 0.105. The molecule has 5 nitrogen and oxygen atoms in total. The topological polar surface area (TPSA) is 68.1 Å². The van der Waals surface area contributed by atoms with Crippen LogP contribution in [0.2, 0.25) is 18.1 Å². The van der Waals surface area contributed by atoms with Crippen molar-refractivity contribution in [2.45, 2.75) is 143 Å². The molecule has 0 radical (unpaired) electrons. The van der Waals surface area contributed by atoms with Crippen LogP contribution in [0.1, 0.15) is 153 Å². The van der Waals surface area contributed by atoms with Gasteiger partial charge in [-0.2, -0.15) is 0 Å². The average Bonchev–Trinajstić information content (AvgIpc) is 3.35. The molecule has 0 amide bonds. The van der Waals surface area contributed by atoms with Gasteiger partial charge in [-0.25, -0.2) is 9.97 Å². The number of hydrogen-bond acceptors (Lipinski definition) is 5. The molecule has 2 heterocycles. The van der Waals surface area contributed by atoms with Gasteiger partial charge in [0.05, 0.1) is 6.10 Å². The fourth-order valence-electron chi connectivity index (χ4n) is 5.92. The van der Waals surface area contributed by atoms with Crippen LogP contribution in [0.15, 0.2) is 18.5 Å². The fraction of sp³-hybridized carbons (Fsp3) is 0.676. The average molecular weight is 564 g/mol. The lowest BCUT2D eigenvalue weighted by atomic mass is 9.71. The van der Waals surface area contributed by atoms with Crippen LogP contribution in [0.3, 0.4) is 0 Å². The highest BCUT2D eigenvalue weighted by Gasteiger charge is 2.45. The van der Waals surface area contributed by atoms with Gasteiger partial charge in [-0.15, -0.1) is 0 Å². The van der Waals surface area contributed by atoms with Crippen LogP contribution in [0, 0.1) is 5.41 Å². The number of rotatable bonds is 6. The number of pyridine rings is 1. The predicted molar refractivity (Wildman–Crippen MR) is 168 cm³/mol. The van der Waals surface area contributed by atoms with Crippen LogP contribution in [0.4, 0.5) is 0 Å². The van der Waals surface area contributed by atoms with Gasteiger partial charge in [0.2, 0.25) is 0 Å². The summed E-state index contributed by atoms with van der Waals surface area (Å²) < 4.78 is 7.26. The Morgan fingerprint density at radius 3 is 2.17 bits per heavy atom. The molecule has 1 N–H and O–H groups in total. The van der Waals surface area contributed by atoms with Crippen LogP contribution in [0.5, 0.6) is 0 Å². The molecule has 6 heteroatoms. The zero-order valence-electron chi connectivity index (χ0n) is 27.2. The first kappa shape index (κ1) is 31.1. The van der Waals surface area contributed by atoms with Gasteiger partial charge in [-0.05, 0) is 72.7 Å². The smallest absolute Gasteiger partial charge is 0.192 e. The maximum absolute atomic E-state index is 12.1. The maximum Gasteiger partial charge on any atom is 0.192 e. The Labute approximate surface area is 244 Å². The first-order valence-electron chi connectivity index (χ1n) is 15.3. The summed E-state index contributed by atoms with van der Waals surface area (Å²) >= 11 is 0. The number of allylic oxidation sites excluding steroid dienone is 2. The van der Waals surface area contributed by atoms with Crippen molar-refractivity contribution in [1.82, 2.24) is 15.0 Å². The van der Waals surface area contributed by atoms with Crippen LogP contribution < -0.4 is 0 Å². The van der Waals surface area contributed by atoms with Crippen molar-refractivity contribution in [2.24, 2.45) is 5.41 Å². The van der Waals surface area contributed by atoms with Crippen molar-refractivity contribution in [3.63, 3.8) is 0 Å². The van der Waals surface area contributed by atoms with E-state index in [2.05, 4.69) is 98.4 Å². The van der Waals surface area contributed by atoms with Crippen molar-refractivity contribution in [1.29, 1.82) is 0 Å². The second-order valence-electron chi connectivity index (χ2n) is 15.8. The minimum absolute atomic E-state index is 0.0460. The first-order valence-corrected chi connectivity index (χ1v) is 18.2. The van der Waals surface area contributed by atoms with Crippen molar-refractivity contribution >= 4 is 13.9 Å². The molecule has 0 saturated heterocycles. The van der Waals surface area contributed by atoms with Gasteiger partial charge in [0.15, 0.2) is 8.32 Å². The van der Waals surface area contributed by atoms with E-state index in [1.807, 2.05) is 0 Å². The Hall–Kier alpha value is -1.89. The third-order valence-corrected chi connectivity index (χ3v) is 13.7. The van der Waals surface area contributed by atoms with E-state index in [9.17, 15) is 5.11 Å². The number of aliphatic hydroxyl groups is 1. The molecule has 0 fully saturated rings. The second kappa shape index (κ2) is 10.7. The molecule has 2 aliphatic carbocycles. The highest BCUT2D eigenvalue weighted by Crippen LogP contribution is 2.52. The van der Waals surface area contributed by atoms with Gasteiger partial charge < -0.3 is 9.53 Å². The summed E-state index contributed by atoms with van der Waals surface area (Å²) in [5, 5.41) is 12.2. The minimum atomic E-state index is -2.08. The fourth-order valence-corrected chi connectivity index (χ4v) is 7.19. The van der Waals surface area contributed by atoms with Crippen LogP contribution in [0.25, 0.3) is 5.57 Å². The number of nitrogens with zero attached hydrogens (tertiary/aromatic N) is 3. The number of hydrogen-bond donors (Lipinski definition) is 1. The van der Waals surface area contributed by atoms with E-state index in [0.717, 1.165) is 60.4 Å². The molecule has 2 atom stereocenters. The Bertz CT molecular complexity index is 1260. The molecule has 2 aromatic rings. The molecule has 0 bridgehead atoms. The summed E-state index contributed by atoms with van der Waals surface area (Å²) in [6.45, 7) is 27.0. The van der Waals surface area contributed by atoms with Crippen molar-refractivity contribution in [3.05, 3.63) is 57.9 Å². The number of aliphatic hydroxyl groups excluding tert-OH is 1. The van der Waals surface area contributed by atoms with E-state index in [0.29, 0.717) is 0 Å². The lowest BCUT2D eigenvalue weighted by Crippen LogP contribution is -2.44. The van der Waals surface area contributed by atoms with Gasteiger partial charge in [-0.3, -0.25) is 4.98 Å². The van der Waals surface area contributed by atoms with Gasteiger partial charge in [0.1, 0.15) is 11.9 Å². The largest absolute Gasteiger partial charge is 0.410 e. The van der Waals surface area contributed by atoms with E-state index < -0.39 is 14.4 Å². The van der Waals surface area contributed by atoms with E-state index in [-0.39, 0.29) is 27.9 Å². The number of aromatic nitrogens is 3. The summed E-state index contributed by atoms with van der Waals surface area (Å²) in [5.74, 6) is 0.940. The van der Waals surface area contributed by atoms with E-state index in [1.165, 1.54) is 16.7 Å². The zero-order valence-corrected chi connectivity index (χ0v) is 28.2. The van der Waals surface area contributed by atoms with Gasteiger partial charge in [-0.1, -0.05) is 75.3 Å². The van der Waals surface area contributed by atoms with Crippen LogP contribution >= 0.6 is 0 Å². The third kappa shape index (κ3) is 6.14. The van der Waals surface area contributed by atoms with Crippen LogP contribution in [-0.2, 0) is 16.3 Å². The Morgan fingerprint density at radius 2 is 1.68 bits per heavy atom. The molecule has 2 aliphatic rings. The Balaban J connectivity index is 1.99. The molecule has 4 rings (SSSR count). The van der Waals surface area contributed by atoms with Crippen LogP contribution in [-0.4, -0.2) is 28.4 Å². The molecule has 0 spiro atoms. The summed E-state index contributed by atoms with van der Waals surface area (Å²) in [5.41, 5.74) is 7.47. The second-order valence-corrected chi connectivity index (χ2v) is 20.6. The molecule has 220 valence electrons. The first-order chi connectivity index (χ1) is 18.3. The van der Waals surface area contributed by atoms with Crippen molar-refractivity contribution in [2.75, 3.05) is 0 Å². The van der Waals surface area contributed by atoms with Crippen molar-refractivity contribution < 1.29 is 9.53 Å². The molecule has 0 saturated carbocycles. The summed E-state index contributed by atoms with van der Waals surface area (Å²) in [4.78, 5) is 14.7. The highest BCUT2D eigenvalue weighted by atomic mass is 28.4. The van der Waals surface area contributed by atoms with Gasteiger partial charge >= 0.3 is 0 Å². The van der Waals surface area contributed by atoms with E-state index in [4.69, 9.17) is 9.41 Å². The molecular formula is C34H53N3O2Si. The van der Waals surface area contributed by atoms with E-state index >= 15 is 0 Å². The minimum Gasteiger partial charge on any atom is -0.410 e. The number of fused-ring (bicyclic) bond motifs is 1. The van der Waals surface area contributed by atoms with E-state index in [1.54, 1.807) is 12.4 Å². The third-order valence-electron chi connectivity index (χ3n) is 9.17. The molecule has 0 aromatic carbocycles. The Morgan fingerprint density at radius 1 is 1.05 bits per heavy atom. The monoisotopic (exact) mass is 563 g/mol. The predicted octanol–water partition coefficient (Wildman–Crippen LogP) is 8.98. The molecule has 40 heavy (non-hydrogen) atoms. The maximum atomic E-state index is 12.1. The summed E-state index contributed by atoms with van der Waals surface area (Å²) in [6.07, 6.45) is 10.2. The molecule has 0 unspecified atom stereocenters. The van der Waals surface area contributed by atoms with Crippen molar-refractivity contribution in [3.8, 4) is 0 Å². The molecule has 0 aliphatic heterocycles. The zero-order chi connectivity index (χ0) is 29.8. The quantitative estimate of drug-likeness (QED) is 0.355. The molecular weight excluding hydrogens is 510 g/mol. The normalized spacial score (nSPS) is 20.4. The lowest BCUT2D eigenvalue weighted by Gasteiger charge is -2.45. The highest BCUT2D eigenvalue weighted by molar-refractivity contribution is 6.74. The summed E-state index contributed by atoms with van der Waals surface area (Å²) in [7, 11) is -2.08. The van der Waals surface area contributed by atoms with Gasteiger partial charge in [0.25, 0.3) is 0 Å². The summed E-state index contributed by atoms with van der Waals surface area (Å²) in [6, 6.07) is 0. The standard InChI is InChI=1S/C34H53N3O2Si/c1-21(2)29-28(30(38)23-19-35-31(36-20-23)32(3,4)5)26(22-15-13-14-16-22)27-24(37-29)17-34(9,10)18-25(27)39-40(11,12)33(6,7)8/h15,19-21,25,30,38H,13-14,16-18H2,1-12H3/t25-,30+/m0/s1. The van der Waals surface area contributed by atoms with Gasteiger partial charge in [0, 0.05) is 45.9 Å². The SMILES string of the molecule is CC(C)c1nc2c(c(C3=CCCC3)c1[C@H](O)c1cnc(C(C)(C)C)nc1)[C@@H](O[Si](C)(C)C(C)(C)C)CC(C)(C)C2. The Kier molecular flexibility index (Phi) is 8.34.